The van der Waals surface area contributed by atoms with Crippen molar-refractivity contribution < 1.29 is 9.26 Å². The third-order valence-corrected chi connectivity index (χ3v) is 4.70. The van der Waals surface area contributed by atoms with E-state index in [9.17, 15) is 0 Å². The summed E-state index contributed by atoms with van der Waals surface area (Å²) in [6.45, 7) is 13.0. The highest BCUT2D eigenvalue weighted by Gasteiger charge is 2.20. The third kappa shape index (κ3) is 5.99. The first-order valence-electron chi connectivity index (χ1n) is 10.00. The molecule has 1 aromatic carbocycles. The molecule has 0 unspecified atom stereocenters. The van der Waals surface area contributed by atoms with Crippen LogP contribution in [0.2, 0.25) is 0 Å². The van der Waals surface area contributed by atoms with Crippen LogP contribution in [0.15, 0.2) is 40.0 Å². The van der Waals surface area contributed by atoms with E-state index in [1.807, 2.05) is 6.07 Å². The van der Waals surface area contributed by atoms with Gasteiger partial charge in [0.2, 0.25) is 0 Å². The van der Waals surface area contributed by atoms with Gasteiger partial charge in [0.15, 0.2) is 5.96 Å². The molecule has 2 heterocycles. The Hall–Kier alpha value is -2.54. The first-order chi connectivity index (χ1) is 13.6. The van der Waals surface area contributed by atoms with Crippen LogP contribution in [-0.2, 0) is 6.54 Å². The van der Waals surface area contributed by atoms with Crippen LogP contribution in [0.3, 0.4) is 0 Å². The van der Waals surface area contributed by atoms with Gasteiger partial charge in [-0.2, -0.15) is 0 Å². The van der Waals surface area contributed by atoms with E-state index < -0.39 is 0 Å². The lowest BCUT2D eigenvalue weighted by atomic mass is 10.1. The first-order valence-corrected chi connectivity index (χ1v) is 10.00. The fraction of sp³-hybridized carbons (Fsp3) is 0.524. The molecule has 1 aliphatic heterocycles. The van der Waals surface area contributed by atoms with Gasteiger partial charge >= 0.3 is 0 Å². The van der Waals surface area contributed by atoms with Gasteiger partial charge in [0, 0.05) is 45.3 Å². The number of hydrogen-bond donors (Lipinski definition) is 1. The van der Waals surface area contributed by atoms with Crippen molar-refractivity contribution in [3.05, 3.63) is 47.3 Å². The molecule has 0 spiro atoms. The molecule has 1 N–H and O–H groups in total. The zero-order valence-electron chi connectivity index (χ0n) is 17.1. The van der Waals surface area contributed by atoms with E-state index in [1.165, 1.54) is 11.1 Å². The molecule has 1 aliphatic rings. The summed E-state index contributed by atoms with van der Waals surface area (Å²) < 4.78 is 10.8. The SMILES string of the molecule is CCNC(=NCCOc1cc(C)cc(C)c1)N1CCN(Cc2ccon2)CC1. The highest BCUT2D eigenvalue weighted by atomic mass is 16.5. The van der Waals surface area contributed by atoms with Crippen molar-refractivity contribution in [2.75, 3.05) is 45.9 Å². The molecule has 1 fully saturated rings. The molecule has 0 aliphatic carbocycles. The predicted octanol–water partition coefficient (Wildman–Crippen LogP) is 2.45. The van der Waals surface area contributed by atoms with E-state index in [2.05, 4.69) is 59.2 Å². The van der Waals surface area contributed by atoms with E-state index in [-0.39, 0.29) is 0 Å². The number of aryl methyl sites for hydroxylation is 2. The van der Waals surface area contributed by atoms with Crippen LogP contribution in [0.4, 0.5) is 0 Å². The Morgan fingerprint density at radius 2 is 1.93 bits per heavy atom. The lowest BCUT2D eigenvalue weighted by Crippen LogP contribution is -2.52. The van der Waals surface area contributed by atoms with Gasteiger partial charge in [0.1, 0.15) is 18.6 Å². The van der Waals surface area contributed by atoms with E-state index in [1.54, 1.807) is 6.26 Å². The summed E-state index contributed by atoms with van der Waals surface area (Å²) >= 11 is 0. The Kier molecular flexibility index (Phi) is 7.31. The van der Waals surface area contributed by atoms with Gasteiger partial charge in [-0.05, 0) is 44.0 Å². The van der Waals surface area contributed by atoms with Gasteiger partial charge < -0.3 is 19.5 Å². The minimum Gasteiger partial charge on any atom is -0.492 e. The average Bonchev–Trinajstić information content (AvgIpc) is 3.17. The normalized spacial score (nSPS) is 15.7. The Bertz CT molecular complexity index is 732. The molecule has 0 radical (unpaired) electrons. The lowest BCUT2D eigenvalue weighted by molar-refractivity contribution is 0.169. The number of nitrogens with zero attached hydrogens (tertiary/aromatic N) is 4. The fourth-order valence-corrected chi connectivity index (χ4v) is 3.42. The van der Waals surface area contributed by atoms with E-state index in [0.29, 0.717) is 13.2 Å². The topological polar surface area (TPSA) is 66.1 Å². The smallest absolute Gasteiger partial charge is 0.194 e. The fourth-order valence-electron chi connectivity index (χ4n) is 3.42. The van der Waals surface area contributed by atoms with Crippen molar-refractivity contribution in [1.29, 1.82) is 0 Å². The summed E-state index contributed by atoms with van der Waals surface area (Å²) in [5, 5.41) is 7.40. The largest absolute Gasteiger partial charge is 0.492 e. The zero-order valence-corrected chi connectivity index (χ0v) is 17.1. The van der Waals surface area contributed by atoms with Gasteiger partial charge in [-0.15, -0.1) is 0 Å². The maximum Gasteiger partial charge on any atom is 0.194 e. The number of ether oxygens (including phenoxy) is 1. The molecule has 3 rings (SSSR count). The molecule has 0 atom stereocenters. The molecule has 7 nitrogen and oxygen atoms in total. The van der Waals surface area contributed by atoms with Crippen LogP contribution in [-0.4, -0.2) is 66.8 Å². The van der Waals surface area contributed by atoms with Crippen LogP contribution in [0, 0.1) is 13.8 Å². The Balaban J connectivity index is 1.47. The number of rotatable bonds is 7. The summed E-state index contributed by atoms with van der Waals surface area (Å²) in [7, 11) is 0. The molecule has 7 heteroatoms. The Morgan fingerprint density at radius 1 is 1.18 bits per heavy atom. The number of nitrogens with one attached hydrogen (secondary N) is 1. The van der Waals surface area contributed by atoms with Crippen molar-refractivity contribution in [1.82, 2.24) is 20.3 Å². The number of aromatic nitrogens is 1. The maximum atomic E-state index is 5.88. The minimum atomic E-state index is 0.573. The average molecular weight is 386 g/mol. The minimum absolute atomic E-state index is 0.573. The Morgan fingerprint density at radius 3 is 2.57 bits per heavy atom. The standard InChI is InChI=1S/C21H31N5O2/c1-4-22-21(23-6-12-27-20-14-17(2)13-18(3)15-20)26-9-7-25(8-10-26)16-19-5-11-28-24-19/h5,11,13-15H,4,6-10,12,16H2,1-3H3,(H,22,23). The predicted molar refractivity (Wildman–Crippen MR) is 111 cm³/mol. The van der Waals surface area contributed by atoms with Gasteiger partial charge in [-0.1, -0.05) is 11.2 Å². The molecular weight excluding hydrogens is 354 g/mol. The molecule has 1 saturated heterocycles. The van der Waals surface area contributed by atoms with Crippen LogP contribution >= 0.6 is 0 Å². The second-order valence-corrected chi connectivity index (χ2v) is 7.16. The molecule has 0 amide bonds. The molecule has 2 aromatic rings. The summed E-state index contributed by atoms with van der Waals surface area (Å²) in [4.78, 5) is 9.47. The summed E-state index contributed by atoms with van der Waals surface area (Å²) in [5.74, 6) is 1.88. The summed E-state index contributed by atoms with van der Waals surface area (Å²) in [5.41, 5.74) is 3.42. The van der Waals surface area contributed by atoms with Gasteiger partial charge in [0.05, 0.1) is 12.2 Å². The number of guanidine groups is 1. The second kappa shape index (κ2) is 10.1. The molecule has 0 saturated carbocycles. The number of aliphatic imine (C=N–C) groups is 1. The number of piperazine rings is 1. The van der Waals surface area contributed by atoms with Gasteiger partial charge in [-0.25, -0.2) is 4.99 Å². The van der Waals surface area contributed by atoms with Crippen LogP contribution in [0.5, 0.6) is 5.75 Å². The third-order valence-electron chi connectivity index (χ3n) is 4.70. The first kappa shape index (κ1) is 20.2. The Labute approximate surface area is 167 Å². The van der Waals surface area contributed by atoms with Crippen molar-refractivity contribution in [3.8, 4) is 5.75 Å². The molecule has 28 heavy (non-hydrogen) atoms. The summed E-state index contributed by atoms with van der Waals surface area (Å²) in [6, 6.07) is 8.20. The molecule has 152 valence electrons. The van der Waals surface area contributed by atoms with Crippen LogP contribution < -0.4 is 10.1 Å². The highest BCUT2D eigenvalue weighted by molar-refractivity contribution is 5.80. The second-order valence-electron chi connectivity index (χ2n) is 7.16. The zero-order chi connectivity index (χ0) is 19.8. The maximum absolute atomic E-state index is 5.88. The summed E-state index contributed by atoms with van der Waals surface area (Å²) in [6.07, 6.45) is 1.63. The van der Waals surface area contributed by atoms with Gasteiger partial charge in [-0.3, -0.25) is 4.90 Å². The monoisotopic (exact) mass is 385 g/mol. The van der Waals surface area contributed by atoms with Crippen molar-refractivity contribution in [3.63, 3.8) is 0 Å². The molecular formula is C21H31N5O2. The molecule has 0 bridgehead atoms. The van der Waals surface area contributed by atoms with Crippen molar-refractivity contribution in [2.45, 2.75) is 27.3 Å². The van der Waals surface area contributed by atoms with E-state index in [0.717, 1.165) is 56.7 Å². The highest BCUT2D eigenvalue weighted by Crippen LogP contribution is 2.16. The number of hydrogen-bond acceptors (Lipinski definition) is 5. The quantitative estimate of drug-likeness (QED) is 0.449. The van der Waals surface area contributed by atoms with Crippen molar-refractivity contribution in [2.24, 2.45) is 4.99 Å². The molecule has 1 aromatic heterocycles. The van der Waals surface area contributed by atoms with Crippen LogP contribution in [0.1, 0.15) is 23.7 Å². The van der Waals surface area contributed by atoms with E-state index in [4.69, 9.17) is 14.3 Å². The van der Waals surface area contributed by atoms with E-state index >= 15 is 0 Å². The van der Waals surface area contributed by atoms with Gasteiger partial charge in [0.25, 0.3) is 0 Å². The lowest BCUT2D eigenvalue weighted by Gasteiger charge is -2.36. The van der Waals surface area contributed by atoms with Crippen molar-refractivity contribution >= 4 is 5.96 Å². The van der Waals surface area contributed by atoms with Crippen LogP contribution in [0.25, 0.3) is 0 Å². The number of benzene rings is 1.